The van der Waals surface area contributed by atoms with Gasteiger partial charge in [-0.3, -0.25) is 4.79 Å². The van der Waals surface area contributed by atoms with Crippen LogP contribution in [0.4, 0.5) is 5.69 Å². The van der Waals surface area contributed by atoms with Crippen LogP contribution in [-0.2, 0) is 0 Å². The lowest BCUT2D eigenvalue weighted by molar-refractivity contribution is 0.102. The molecule has 0 aliphatic rings. The summed E-state index contributed by atoms with van der Waals surface area (Å²) in [5.74, 6) is 0.449. The Labute approximate surface area is 143 Å². The normalized spacial score (nSPS) is 10.2. The Morgan fingerprint density at radius 3 is 2.75 bits per heavy atom. The van der Waals surface area contributed by atoms with E-state index < -0.39 is 0 Å². The van der Waals surface area contributed by atoms with Crippen molar-refractivity contribution in [2.75, 3.05) is 12.4 Å². The fraction of sp³-hybridized carbons (Fsp3) is 0.0714. The predicted octanol–water partition coefficient (Wildman–Crippen LogP) is 4.97. The van der Waals surface area contributed by atoms with Gasteiger partial charge in [0, 0.05) is 20.3 Å². The van der Waals surface area contributed by atoms with Crippen LogP contribution in [0.2, 0.25) is 5.02 Å². The van der Waals surface area contributed by atoms with Crippen LogP contribution in [0.3, 0.4) is 0 Å². The van der Waals surface area contributed by atoms with Crippen molar-refractivity contribution in [1.29, 1.82) is 0 Å². The van der Waals surface area contributed by atoms with Crippen molar-refractivity contribution in [2.45, 2.75) is 0 Å². The maximum absolute atomic E-state index is 12.2. The third kappa shape index (κ3) is 3.65. The molecule has 1 N–H and O–H groups in total. The first-order valence-corrected chi connectivity index (χ1v) is 7.86. The molecule has 2 aromatic rings. The molecule has 0 spiro atoms. The first kappa shape index (κ1) is 15.6. The SMILES string of the molecule is COc1cc(NC(=O)c2cc(Cl)ccc2I)ccc1Br. The minimum Gasteiger partial charge on any atom is -0.495 e. The molecule has 0 aromatic heterocycles. The summed E-state index contributed by atoms with van der Waals surface area (Å²) in [6.07, 6.45) is 0. The number of ether oxygens (including phenoxy) is 1. The fourth-order valence-electron chi connectivity index (χ4n) is 1.61. The second kappa shape index (κ2) is 6.78. The van der Waals surface area contributed by atoms with Crippen LogP contribution < -0.4 is 10.1 Å². The molecule has 0 fully saturated rings. The summed E-state index contributed by atoms with van der Waals surface area (Å²) in [6.45, 7) is 0. The van der Waals surface area contributed by atoms with Crippen molar-refractivity contribution in [3.8, 4) is 5.75 Å². The van der Waals surface area contributed by atoms with Crippen LogP contribution in [0.1, 0.15) is 10.4 Å². The number of hydrogen-bond donors (Lipinski definition) is 1. The van der Waals surface area contributed by atoms with E-state index in [0.29, 0.717) is 22.0 Å². The second-order valence-corrected chi connectivity index (χ2v) is 6.38. The monoisotopic (exact) mass is 465 g/mol. The van der Waals surface area contributed by atoms with Gasteiger partial charge >= 0.3 is 0 Å². The van der Waals surface area contributed by atoms with Crippen LogP contribution in [0, 0.1) is 3.57 Å². The zero-order valence-corrected chi connectivity index (χ0v) is 14.9. The largest absolute Gasteiger partial charge is 0.495 e. The number of anilines is 1. The molecule has 0 unspecified atom stereocenters. The predicted molar refractivity (Wildman–Crippen MR) is 92.8 cm³/mol. The van der Waals surface area contributed by atoms with E-state index in [1.165, 1.54) is 0 Å². The second-order valence-electron chi connectivity index (χ2n) is 3.93. The van der Waals surface area contributed by atoms with Gasteiger partial charge in [0.1, 0.15) is 5.75 Å². The number of benzene rings is 2. The number of methoxy groups -OCH3 is 1. The lowest BCUT2D eigenvalue weighted by Crippen LogP contribution is -2.13. The van der Waals surface area contributed by atoms with Crippen LogP contribution in [0.25, 0.3) is 0 Å². The number of amides is 1. The van der Waals surface area contributed by atoms with Crippen molar-refractivity contribution >= 4 is 61.7 Å². The van der Waals surface area contributed by atoms with Gasteiger partial charge in [0.05, 0.1) is 17.1 Å². The van der Waals surface area contributed by atoms with Gasteiger partial charge in [-0.05, 0) is 68.9 Å². The van der Waals surface area contributed by atoms with Gasteiger partial charge in [-0.2, -0.15) is 0 Å². The van der Waals surface area contributed by atoms with E-state index in [0.717, 1.165) is 8.04 Å². The van der Waals surface area contributed by atoms with E-state index >= 15 is 0 Å². The van der Waals surface area contributed by atoms with Crippen molar-refractivity contribution in [3.63, 3.8) is 0 Å². The average Bonchev–Trinajstić information content (AvgIpc) is 2.43. The highest BCUT2D eigenvalue weighted by atomic mass is 127. The van der Waals surface area contributed by atoms with Crippen LogP contribution in [-0.4, -0.2) is 13.0 Å². The van der Waals surface area contributed by atoms with Crippen LogP contribution in [0.5, 0.6) is 5.75 Å². The number of halogens is 3. The topological polar surface area (TPSA) is 38.3 Å². The minimum absolute atomic E-state index is 0.207. The summed E-state index contributed by atoms with van der Waals surface area (Å²) in [7, 11) is 1.58. The summed E-state index contributed by atoms with van der Waals surface area (Å²) in [4.78, 5) is 12.2. The average molecular weight is 467 g/mol. The summed E-state index contributed by atoms with van der Waals surface area (Å²) < 4.78 is 6.87. The Hall–Kier alpha value is -0.790. The molecule has 6 heteroatoms. The first-order chi connectivity index (χ1) is 9.51. The summed E-state index contributed by atoms with van der Waals surface area (Å²) in [5, 5.41) is 3.36. The van der Waals surface area contributed by atoms with E-state index in [9.17, 15) is 4.79 Å². The van der Waals surface area contributed by atoms with E-state index in [1.807, 2.05) is 6.07 Å². The number of rotatable bonds is 3. The van der Waals surface area contributed by atoms with Gasteiger partial charge in [-0.1, -0.05) is 11.6 Å². The highest BCUT2D eigenvalue weighted by Gasteiger charge is 2.12. The van der Waals surface area contributed by atoms with Crippen molar-refractivity contribution in [1.82, 2.24) is 0 Å². The third-order valence-corrected chi connectivity index (χ3v) is 4.41. The molecule has 0 saturated carbocycles. The van der Waals surface area contributed by atoms with Crippen LogP contribution in [0.15, 0.2) is 40.9 Å². The van der Waals surface area contributed by atoms with Crippen molar-refractivity contribution in [3.05, 3.63) is 55.0 Å². The molecule has 0 aliphatic heterocycles. The Kier molecular flexibility index (Phi) is 5.29. The molecule has 20 heavy (non-hydrogen) atoms. The van der Waals surface area contributed by atoms with Gasteiger partial charge < -0.3 is 10.1 Å². The molecular weight excluding hydrogens is 456 g/mol. The molecule has 0 saturated heterocycles. The minimum atomic E-state index is -0.207. The molecule has 0 atom stereocenters. The highest BCUT2D eigenvalue weighted by molar-refractivity contribution is 14.1. The first-order valence-electron chi connectivity index (χ1n) is 5.61. The quantitative estimate of drug-likeness (QED) is 0.649. The third-order valence-electron chi connectivity index (χ3n) is 2.58. The van der Waals surface area contributed by atoms with E-state index in [4.69, 9.17) is 16.3 Å². The molecule has 2 aromatic carbocycles. The zero-order valence-electron chi connectivity index (χ0n) is 10.4. The maximum atomic E-state index is 12.2. The zero-order chi connectivity index (χ0) is 14.7. The molecule has 1 amide bonds. The van der Waals surface area contributed by atoms with Crippen LogP contribution >= 0.6 is 50.1 Å². The van der Waals surface area contributed by atoms with E-state index in [2.05, 4.69) is 43.8 Å². The van der Waals surface area contributed by atoms with E-state index in [-0.39, 0.29) is 5.91 Å². The molecule has 2 rings (SSSR count). The summed E-state index contributed by atoms with van der Waals surface area (Å²) in [5.41, 5.74) is 1.20. The van der Waals surface area contributed by atoms with Gasteiger partial charge in [-0.25, -0.2) is 0 Å². The molecular formula is C14H10BrClINO2. The lowest BCUT2D eigenvalue weighted by Gasteiger charge is -2.09. The molecule has 0 heterocycles. The van der Waals surface area contributed by atoms with Gasteiger partial charge in [-0.15, -0.1) is 0 Å². The van der Waals surface area contributed by atoms with E-state index in [1.54, 1.807) is 37.4 Å². The molecule has 0 radical (unpaired) electrons. The standard InChI is InChI=1S/C14H10BrClINO2/c1-20-13-7-9(3-4-11(13)15)18-14(19)10-6-8(16)2-5-12(10)17/h2-7H,1H3,(H,18,19). The number of nitrogens with one attached hydrogen (secondary N) is 1. The fourth-order valence-corrected chi connectivity index (χ4v) is 2.77. The summed E-state index contributed by atoms with van der Waals surface area (Å²) >= 11 is 11.4. The Morgan fingerprint density at radius 1 is 1.30 bits per heavy atom. The molecule has 0 aliphatic carbocycles. The number of carbonyl (C=O) groups is 1. The van der Waals surface area contributed by atoms with Crippen molar-refractivity contribution < 1.29 is 9.53 Å². The number of hydrogen-bond acceptors (Lipinski definition) is 2. The molecule has 104 valence electrons. The van der Waals surface area contributed by atoms with Gasteiger partial charge in [0.15, 0.2) is 0 Å². The van der Waals surface area contributed by atoms with Gasteiger partial charge in [0.25, 0.3) is 5.91 Å². The Morgan fingerprint density at radius 2 is 2.05 bits per heavy atom. The highest BCUT2D eigenvalue weighted by Crippen LogP contribution is 2.28. The molecule has 0 bridgehead atoms. The Balaban J connectivity index is 2.25. The van der Waals surface area contributed by atoms with Crippen molar-refractivity contribution in [2.24, 2.45) is 0 Å². The summed E-state index contributed by atoms with van der Waals surface area (Å²) in [6, 6.07) is 10.6. The Bertz CT molecular complexity index is 664. The smallest absolute Gasteiger partial charge is 0.256 e. The van der Waals surface area contributed by atoms with Gasteiger partial charge in [0.2, 0.25) is 0 Å². The number of carbonyl (C=O) groups excluding carboxylic acids is 1. The molecule has 3 nitrogen and oxygen atoms in total. The maximum Gasteiger partial charge on any atom is 0.256 e. The lowest BCUT2D eigenvalue weighted by atomic mass is 10.2.